The van der Waals surface area contributed by atoms with Crippen LogP contribution >= 0.6 is 15.9 Å². The number of carbonyl (C=O) groups excluding carboxylic acids is 1. The maximum absolute atomic E-state index is 12.6. The Morgan fingerprint density at radius 2 is 2.09 bits per heavy atom. The molecular weight excluding hydrogens is 516 g/mol. The van der Waals surface area contributed by atoms with Gasteiger partial charge in [0.05, 0.1) is 18.7 Å². The largest absolute Gasteiger partial charge is 0.506 e. The number of likely N-dealkylation sites (tertiary alicyclic amines) is 1. The molecule has 1 aromatic heterocycles. The van der Waals surface area contributed by atoms with E-state index in [1.165, 1.54) is 13.2 Å². The topological polar surface area (TPSA) is 118 Å². The van der Waals surface area contributed by atoms with Gasteiger partial charge in [-0.2, -0.15) is 0 Å². The SMILES string of the molecule is COC(=O)Nc1cc([C@H]2[C@H]([N+](=O)[O-])[C@@H](c3ccccc3Br)CCN2Cc2cccnc2)ccc1O. The lowest BCUT2D eigenvalue weighted by atomic mass is 9.78. The summed E-state index contributed by atoms with van der Waals surface area (Å²) in [4.78, 5) is 30.4. The molecule has 1 aliphatic heterocycles. The maximum Gasteiger partial charge on any atom is 0.411 e. The molecule has 3 atom stereocenters. The number of carbonyl (C=O) groups is 1. The van der Waals surface area contributed by atoms with Gasteiger partial charge in [-0.15, -0.1) is 0 Å². The number of ether oxygens (including phenoxy) is 1. The van der Waals surface area contributed by atoms with Crippen LogP contribution in [0.1, 0.15) is 35.1 Å². The number of nitrogens with one attached hydrogen (secondary N) is 1. The molecule has 2 heterocycles. The van der Waals surface area contributed by atoms with Crippen molar-refractivity contribution >= 4 is 27.7 Å². The fraction of sp³-hybridized carbons (Fsp3) is 0.280. The minimum Gasteiger partial charge on any atom is -0.506 e. The molecule has 3 aromatic rings. The van der Waals surface area contributed by atoms with Gasteiger partial charge < -0.3 is 9.84 Å². The lowest BCUT2D eigenvalue weighted by Gasteiger charge is -2.41. The summed E-state index contributed by atoms with van der Waals surface area (Å²) in [6.45, 7) is 1.07. The third-order valence-electron chi connectivity index (χ3n) is 6.30. The Morgan fingerprint density at radius 1 is 1.29 bits per heavy atom. The molecule has 0 radical (unpaired) electrons. The average molecular weight is 541 g/mol. The van der Waals surface area contributed by atoms with Gasteiger partial charge in [-0.3, -0.25) is 25.3 Å². The van der Waals surface area contributed by atoms with Crippen molar-refractivity contribution < 1.29 is 19.6 Å². The molecule has 4 rings (SSSR count). The predicted molar refractivity (Wildman–Crippen MR) is 134 cm³/mol. The Bertz CT molecular complexity index is 1210. The van der Waals surface area contributed by atoms with Crippen molar-refractivity contribution in [2.24, 2.45) is 0 Å². The van der Waals surface area contributed by atoms with E-state index in [4.69, 9.17) is 0 Å². The number of hydrogen-bond acceptors (Lipinski definition) is 7. The van der Waals surface area contributed by atoms with E-state index < -0.39 is 18.2 Å². The number of methoxy groups -OCH3 is 1. The molecule has 35 heavy (non-hydrogen) atoms. The third kappa shape index (κ3) is 5.44. The molecule has 182 valence electrons. The number of amides is 1. The highest BCUT2D eigenvalue weighted by atomic mass is 79.9. The van der Waals surface area contributed by atoms with Crippen LogP contribution in [0.5, 0.6) is 5.75 Å². The van der Waals surface area contributed by atoms with Gasteiger partial charge in [0.15, 0.2) is 0 Å². The summed E-state index contributed by atoms with van der Waals surface area (Å²) in [7, 11) is 1.22. The Morgan fingerprint density at radius 3 is 2.77 bits per heavy atom. The number of rotatable bonds is 6. The van der Waals surface area contributed by atoms with Crippen molar-refractivity contribution in [3.8, 4) is 5.75 Å². The number of aromatic nitrogens is 1. The van der Waals surface area contributed by atoms with E-state index in [1.807, 2.05) is 36.4 Å². The van der Waals surface area contributed by atoms with Gasteiger partial charge in [-0.05, 0) is 47.4 Å². The summed E-state index contributed by atoms with van der Waals surface area (Å²) < 4.78 is 5.48. The Hall–Kier alpha value is -3.50. The molecule has 2 N–H and O–H groups in total. The molecule has 0 unspecified atom stereocenters. The van der Waals surface area contributed by atoms with Gasteiger partial charge >= 0.3 is 6.09 Å². The quantitative estimate of drug-likeness (QED) is 0.253. The lowest BCUT2D eigenvalue weighted by Crippen LogP contribution is -2.48. The Kier molecular flexibility index (Phi) is 7.62. The summed E-state index contributed by atoms with van der Waals surface area (Å²) in [5.41, 5.74) is 2.55. The van der Waals surface area contributed by atoms with Crippen molar-refractivity contribution in [2.45, 2.75) is 31.0 Å². The first-order valence-corrected chi connectivity index (χ1v) is 11.9. The highest BCUT2D eigenvalue weighted by molar-refractivity contribution is 9.10. The molecular formula is C25H25BrN4O5. The molecule has 0 aliphatic carbocycles. The van der Waals surface area contributed by atoms with Crippen LogP contribution in [-0.4, -0.2) is 45.7 Å². The molecule has 1 fully saturated rings. The number of halogens is 1. The number of hydrogen-bond donors (Lipinski definition) is 2. The Labute approximate surface area is 211 Å². The fourth-order valence-electron chi connectivity index (χ4n) is 4.74. The summed E-state index contributed by atoms with van der Waals surface area (Å²) in [5.74, 6) is -0.504. The van der Waals surface area contributed by atoms with Crippen molar-refractivity contribution in [3.63, 3.8) is 0 Å². The molecule has 1 aliphatic rings. The molecule has 1 amide bonds. The van der Waals surface area contributed by atoms with Gasteiger partial charge in [0.1, 0.15) is 11.8 Å². The summed E-state index contributed by atoms with van der Waals surface area (Å²) in [5, 5.41) is 25.4. The number of phenols is 1. The maximum atomic E-state index is 12.6. The van der Waals surface area contributed by atoms with Crippen LogP contribution in [0.25, 0.3) is 0 Å². The number of phenolic OH excluding ortho intramolecular Hbond substituents is 1. The first-order chi connectivity index (χ1) is 16.9. The van der Waals surface area contributed by atoms with Crippen LogP contribution in [0, 0.1) is 10.1 Å². The number of pyridine rings is 1. The van der Waals surface area contributed by atoms with E-state index in [2.05, 4.69) is 35.9 Å². The number of piperidine rings is 1. The van der Waals surface area contributed by atoms with Gasteiger partial charge in [0.2, 0.25) is 6.04 Å². The van der Waals surface area contributed by atoms with Crippen molar-refractivity contribution in [2.75, 3.05) is 19.0 Å². The van der Waals surface area contributed by atoms with Crippen molar-refractivity contribution in [3.05, 3.63) is 98.3 Å². The van der Waals surface area contributed by atoms with Crippen LogP contribution in [0.15, 0.2) is 71.5 Å². The lowest BCUT2D eigenvalue weighted by molar-refractivity contribution is -0.540. The normalized spacial score (nSPS) is 20.2. The van der Waals surface area contributed by atoms with Gasteiger partial charge in [-0.1, -0.05) is 46.3 Å². The highest BCUT2D eigenvalue weighted by Crippen LogP contribution is 2.44. The van der Waals surface area contributed by atoms with Gasteiger partial charge in [0, 0.05) is 34.9 Å². The fourth-order valence-corrected chi connectivity index (χ4v) is 5.32. The van der Waals surface area contributed by atoms with E-state index in [-0.39, 0.29) is 22.3 Å². The minimum atomic E-state index is -0.977. The number of anilines is 1. The molecule has 2 aromatic carbocycles. The predicted octanol–water partition coefficient (Wildman–Crippen LogP) is 5.10. The summed E-state index contributed by atoms with van der Waals surface area (Å²) in [6.07, 6.45) is 3.28. The van der Waals surface area contributed by atoms with Crippen molar-refractivity contribution in [1.29, 1.82) is 0 Å². The van der Waals surface area contributed by atoms with Crippen LogP contribution in [-0.2, 0) is 11.3 Å². The molecule has 9 nitrogen and oxygen atoms in total. The van der Waals surface area contributed by atoms with E-state index in [1.54, 1.807) is 24.5 Å². The third-order valence-corrected chi connectivity index (χ3v) is 7.02. The minimum absolute atomic E-state index is 0.126. The zero-order valence-corrected chi connectivity index (χ0v) is 20.6. The molecule has 1 saturated heterocycles. The first-order valence-electron chi connectivity index (χ1n) is 11.1. The van der Waals surface area contributed by atoms with Crippen LogP contribution in [0.3, 0.4) is 0 Å². The van der Waals surface area contributed by atoms with Crippen LogP contribution in [0.2, 0.25) is 0 Å². The number of nitrogens with zero attached hydrogens (tertiary/aromatic N) is 3. The number of aromatic hydroxyl groups is 1. The standard InChI is InChI=1S/C25H25BrN4O5/c1-35-25(32)28-21-13-17(8-9-22(21)31)23-24(30(33)34)19(18-6-2-3-7-20(18)26)10-12-29(23)15-16-5-4-11-27-14-16/h2-9,11,13-14,19,23-24,31H,10,12,15H2,1H3,(H,28,32)/t19-,23+,24-/m1/s1. The second kappa shape index (κ2) is 10.8. The molecule has 0 saturated carbocycles. The average Bonchev–Trinajstić information content (AvgIpc) is 2.86. The summed E-state index contributed by atoms with van der Waals surface area (Å²) in [6, 6.07) is 14.4. The zero-order valence-electron chi connectivity index (χ0n) is 19.0. The monoisotopic (exact) mass is 540 g/mol. The van der Waals surface area contributed by atoms with Crippen LogP contribution < -0.4 is 5.32 Å². The zero-order chi connectivity index (χ0) is 24.9. The first kappa shape index (κ1) is 24.6. The van der Waals surface area contributed by atoms with Gasteiger partial charge in [0.25, 0.3) is 0 Å². The van der Waals surface area contributed by atoms with Crippen molar-refractivity contribution in [1.82, 2.24) is 9.88 Å². The summed E-state index contributed by atoms with van der Waals surface area (Å²) >= 11 is 3.57. The van der Waals surface area contributed by atoms with Gasteiger partial charge in [-0.25, -0.2) is 4.79 Å². The molecule has 10 heteroatoms. The Balaban J connectivity index is 1.80. The second-order valence-corrected chi connectivity index (χ2v) is 9.22. The van der Waals surface area contributed by atoms with Crippen LogP contribution in [0.4, 0.5) is 10.5 Å². The van der Waals surface area contributed by atoms with E-state index >= 15 is 0 Å². The number of nitro groups is 1. The molecule has 0 bridgehead atoms. The van der Waals surface area contributed by atoms with E-state index in [0.29, 0.717) is 25.1 Å². The second-order valence-electron chi connectivity index (χ2n) is 8.36. The number of benzene rings is 2. The smallest absolute Gasteiger partial charge is 0.411 e. The molecule has 0 spiro atoms. The highest BCUT2D eigenvalue weighted by Gasteiger charge is 2.48. The van der Waals surface area contributed by atoms with E-state index in [0.717, 1.165) is 15.6 Å². The van der Waals surface area contributed by atoms with E-state index in [9.17, 15) is 20.0 Å².